The van der Waals surface area contributed by atoms with Gasteiger partial charge in [0.15, 0.2) is 5.82 Å². The lowest BCUT2D eigenvalue weighted by Gasteiger charge is -2.08. The van der Waals surface area contributed by atoms with Crippen LogP contribution in [0.1, 0.15) is 0 Å². The van der Waals surface area contributed by atoms with E-state index in [-0.39, 0.29) is 13.2 Å². The van der Waals surface area contributed by atoms with Gasteiger partial charge in [-0.3, -0.25) is 0 Å². The number of alkyl halides is 3. The van der Waals surface area contributed by atoms with Crippen LogP contribution in [0.5, 0.6) is 0 Å². The van der Waals surface area contributed by atoms with E-state index in [1.54, 1.807) is 18.2 Å². The average Bonchev–Trinajstić information content (AvgIpc) is 2.80. The summed E-state index contributed by atoms with van der Waals surface area (Å²) in [5.41, 5.74) is 6.90. The molecule has 21 heavy (non-hydrogen) atoms. The number of nitrogen functional groups attached to an aromatic ring is 1. The Kier molecular flexibility index (Phi) is 4.78. The number of nitrogens with two attached hydrogens (primary N) is 1. The molecule has 0 spiro atoms. The number of benzene rings is 1. The Hall–Kier alpha value is -1.68. The second-order valence-corrected chi connectivity index (χ2v) is 5.08. The summed E-state index contributed by atoms with van der Waals surface area (Å²) >= 11 is 3.30. The minimum atomic E-state index is -4.35. The molecule has 0 aliphatic carbocycles. The molecule has 0 radical (unpaired) electrons. The monoisotopic (exact) mass is 365 g/mol. The fourth-order valence-electron chi connectivity index (χ4n) is 1.64. The quantitative estimate of drug-likeness (QED) is 0.649. The zero-order chi connectivity index (χ0) is 15.5. The first-order valence-corrected chi connectivity index (χ1v) is 6.61. The SMILES string of the molecule is Nc1cc(Br)cc(-c2nnnn2CCOCC(F)(F)F)c1. The molecule has 114 valence electrons. The predicted molar refractivity (Wildman–Crippen MR) is 72.2 cm³/mol. The van der Waals surface area contributed by atoms with Gasteiger partial charge < -0.3 is 10.5 Å². The lowest BCUT2D eigenvalue weighted by atomic mass is 10.2. The molecular weight excluding hydrogens is 355 g/mol. The van der Waals surface area contributed by atoms with Crippen LogP contribution in [-0.4, -0.2) is 39.6 Å². The minimum absolute atomic E-state index is 0.102. The molecule has 0 saturated heterocycles. The smallest absolute Gasteiger partial charge is 0.399 e. The summed E-state index contributed by atoms with van der Waals surface area (Å²) in [7, 11) is 0. The normalized spacial score (nSPS) is 11.8. The zero-order valence-corrected chi connectivity index (χ0v) is 12.2. The second kappa shape index (κ2) is 6.39. The van der Waals surface area contributed by atoms with Crippen LogP contribution in [0, 0.1) is 0 Å². The molecule has 10 heteroatoms. The maximum absolute atomic E-state index is 12.0. The molecule has 2 aromatic rings. The van der Waals surface area contributed by atoms with E-state index in [2.05, 4.69) is 36.2 Å². The Bertz CT molecular complexity index is 596. The first kappa shape index (κ1) is 15.7. The van der Waals surface area contributed by atoms with Gasteiger partial charge in [-0.15, -0.1) is 5.10 Å². The summed E-state index contributed by atoms with van der Waals surface area (Å²) in [4.78, 5) is 0. The molecule has 2 N–H and O–H groups in total. The molecule has 1 aromatic carbocycles. The summed E-state index contributed by atoms with van der Waals surface area (Å²) in [5.74, 6) is 0.401. The van der Waals surface area contributed by atoms with Crippen molar-refractivity contribution in [3.05, 3.63) is 22.7 Å². The number of tetrazole rings is 1. The van der Waals surface area contributed by atoms with Crippen molar-refractivity contribution in [3.63, 3.8) is 0 Å². The first-order chi connectivity index (χ1) is 9.85. The van der Waals surface area contributed by atoms with Gasteiger partial charge in [-0.2, -0.15) is 13.2 Å². The summed E-state index contributed by atoms with van der Waals surface area (Å²) < 4.78 is 42.5. The number of nitrogens with zero attached hydrogens (tertiary/aromatic N) is 4. The molecule has 0 aliphatic rings. The van der Waals surface area contributed by atoms with E-state index < -0.39 is 12.8 Å². The van der Waals surface area contributed by atoms with E-state index in [9.17, 15) is 13.2 Å². The van der Waals surface area contributed by atoms with Crippen LogP contribution >= 0.6 is 15.9 Å². The molecule has 0 atom stereocenters. The number of halogens is 4. The van der Waals surface area contributed by atoms with Gasteiger partial charge in [-0.25, -0.2) is 4.68 Å². The highest BCUT2D eigenvalue weighted by atomic mass is 79.9. The van der Waals surface area contributed by atoms with Crippen molar-refractivity contribution in [2.24, 2.45) is 0 Å². The molecule has 0 bridgehead atoms. The van der Waals surface area contributed by atoms with Gasteiger partial charge in [0, 0.05) is 15.7 Å². The van der Waals surface area contributed by atoms with Crippen LogP contribution in [0.2, 0.25) is 0 Å². The number of hydrogen-bond donors (Lipinski definition) is 1. The number of aromatic nitrogens is 4. The van der Waals surface area contributed by atoms with Crippen LogP contribution in [0.15, 0.2) is 22.7 Å². The predicted octanol–water partition coefficient (Wildman–Crippen LogP) is 2.26. The number of rotatable bonds is 5. The highest BCUT2D eigenvalue weighted by Gasteiger charge is 2.27. The van der Waals surface area contributed by atoms with E-state index in [0.717, 1.165) is 4.47 Å². The summed E-state index contributed by atoms with van der Waals surface area (Å²) in [5, 5.41) is 11.1. The van der Waals surface area contributed by atoms with Gasteiger partial charge >= 0.3 is 6.18 Å². The number of ether oxygens (including phenoxy) is 1. The fourth-order valence-corrected chi connectivity index (χ4v) is 2.15. The van der Waals surface area contributed by atoms with Crippen molar-refractivity contribution in [2.75, 3.05) is 18.9 Å². The molecular formula is C11H11BrF3N5O. The fraction of sp³-hybridized carbons (Fsp3) is 0.364. The Morgan fingerprint density at radius 2 is 2.05 bits per heavy atom. The van der Waals surface area contributed by atoms with E-state index in [1.165, 1.54) is 4.68 Å². The minimum Gasteiger partial charge on any atom is -0.399 e. The van der Waals surface area contributed by atoms with Gasteiger partial charge in [0.1, 0.15) is 6.61 Å². The topological polar surface area (TPSA) is 78.9 Å². The molecule has 1 aromatic heterocycles. The van der Waals surface area contributed by atoms with Gasteiger partial charge in [0.25, 0.3) is 0 Å². The Labute approximate surface area is 126 Å². The summed E-state index contributed by atoms with van der Waals surface area (Å²) in [6, 6.07) is 5.14. The van der Waals surface area contributed by atoms with E-state index in [4.69, 9.17) is 5.73 Å². The lowest BCUT2D eigenvalue weighted by molar-refractivity contribution is -0.174. The zero-order valence-electron chi connectivity index (χ0n) is 10.6. The van der Waals surface area contributed by atoms with Crippen LogP contribution in [0.25, 0.3) is 11.4 Å². The molecule has 1 heterocycles. The summed E-state index contributed by atoms with van der Waals surface area (Å²) in [6.07, 6.45) is -4.35. The highest BCUT2D eigenvalue weighted by molar-refractivity contribution is 9.10. The maximum atomic E-state index is 12.0. The second-order valence-electron chi connectivity index (χ2n) is 4.17. The largest absolute Gasteiger partial charge is 0.411 e. The molecule has 2 rings (SSSR count). The van der Waals surface area contributed by atoms with Crippen LogP contribution < -0.4 is 5.73 Å². The Morgan fingerprint density at radius 1 is 1.29 bits per heavy atom. The lowest BCUT2D eigenvalue weighted by Crippen LogP contribution is -2.19. The van der Waals surface area contributed by atoms with Crippen LogP contribution in [-0.2, 0) is 11.3 Å². The van der Waals surface area contributed by atoms with E-state index in [1.807, 2.05) is 0 Å². The summed E-state index contributed by atoms with van der Waals surface area (Å²) in [6.45, 7) is -1.35. The Morgan fingerprint density at radius 3 is 2.71 bits per heavy atom. The third-order valence-electron chi connectivity index (χ3n) is 2.42. The third kappa shape index (κ3) is 4.67. The van der Waals surface area contributed by atoms with Crippen molar-refractivity contribution in [1.82, 2.24) is 20.2 Å². The van der Waals surface area contributed by atoms with Gasteiger partial charge in [-0.1, -0.05) is 15.9 Å². The van der Waals surface area contributed by atoms with E-state index >= 15 is 0 Å². The van der Waals surface area contributed by atoms with Crippen molar-refractivity contribution in [2.45, 2.75) is 12.7 Å². The third-order valence-corrected chi connectivity index (χ3v) is 2.88. The molecule has 6 nitrogen and oxygen atoms in total. The molecule has 0 saturated carbocycles. The highest BCUT2D eigenvalue weighted by Crippen LogP contribution is 2.24. The van der Waals surface area contributed by atoms with Crippen molar-refractivity contribution >= 4 is 21.6 Å². The Balaban J connectivity index is 2.05. The van der Waals surface area contributed by atoms with Gasteiger partial charge in [0.2, 0.25) is 0 Å². The molecule has 0 aliphatic heterocycles. The van der Waals surface area contributed by atoms with Crippen molar-refractivity contribution < 1.29 is 17.9 Å². The maximum Gasteiger partial charge on any atom is 0.411 e. The average molecular weight is 366 g/mol. The van der Waals surface area contributed by atoms with Gasteiger partial charge in [-0.05, 0) is 28.6 Å². The molecule has 0 unspecified atom stereocenters. The van der Waals surface area contributed by atoms with Crippen molar-refractivity contribution in [3.8, 4) is 11.4 Å². The van der Waals surface area contributed by atoms with E-state index in [0.29, 0.717) is 17.1 Å². The standard InChI is InChI=1S/C11H11BrF3N5O/c12-8-3-7(4-9(16)5-8)10-17-18-19-20(10)1-2-21-6-11(13,14)15/h3-5H,1-2,6,16H2. The van der Waals surface area contributed by atoms with Gasteiger partial charge in [0.05, 0.1) is 13.2 Å². The first-order valence-electron chi connectivity index (χ1n) is 5.82. The van der Waals surface area contributed by atoms with Crippen LogP contribution in [0.3, 0.4) is 0 Å². The van der Waals surface area contributed by atoms with Crippen molar-refractivity contribution in [1.29, 1.82) is 0 Å². The molecule has 0 amide bonds. The van der Waals surface area contributed by atoms with Crippen LogP contribution in [0.4, 0.5) is 18.9 Å². The number of hydrogen-bond acceptors (Lipinski definition) is 5. The number of anilines is 1. The molecule has 0 fully saturated rings.